The highest BCUT2D eigenvalue weighted by atomic mass is 32.2. The third-order valence-electron chi connectivity index (χ3n) is 4.48. The zero-order chi connectivity index (χ0) is 20.9. The van der Waals surface area contributed by atoms with Gasteiger partial charge in [0, 0.05) is 8.43 Å². The second kappa shape index (κ2) is 8.87. The number of fused-ring (bicyclic) bond motifs is 1. The van der Waals surface area contributed by atoms with Crippen LogP contribution in [0.1, 0.15) is 14.0 Å². The van der Waals surface area contributed by atoms with E-state index in [1.54, 1.807) is 12.1 Å². The Bertz CT molecular complexity index is 1100. The van der Waals surface area contributed by atoms with E-state index >= 15 is 0 Å². The van der Waals surface area contributed by atoms with Gasteiger partial charge in [-0.15, -0.1) is 0 Å². The summed E-state index contributed by atoms with van der Waals surface area (Å²) in [7, 11) is -3.78. The number of sulfonamides is 1. The Kier molecular flexibility index (Phi) is 6.29. The van der Waals surface area contributed by atoms with Crippen molar-refractivity contribution >= 4 is 21.7 Å². The molecule has 2 aromatic carbocycles. The van der Waals surface area contributed by atoms with Gasteiger partial charge in [-0.2, -0.15) is 0 Å². The summed E-state index contributed by atoms with van der Waals surface area (Å²) in [5.74, 6) is -0.599. The monoisotopic (exact) mass is 415 g/mol. The molecular formula is C22H26FN3O2S. The van der Waals surface area contributed by atoms with Crippen LogP contribution < -0.4 is 10.0 Å². The maximum atomic E-state index is 13.5. The summed E-state index contributed by atoms with van der Waals surface area (Å²) < 4.78 is 41.2. The summed E-state index contributed by atoms with van der Waals surface area (Å²) in [5, 5.41) is 3.05. The number of aliphatic imine (C=N–C) groups is 1. The third kappa shape index (κ3) is 5.00. The molecule has 0 saturated carbocycles. The van der Waals surface area contributed by atoms with Gasteiger partial charge >= 0.3 is 0 Å². The van der Waals surface area contributed by atoms with Crippen LogP contribution in [0, 0.1) is 0 Å². The molecule has 2 aromatic rings. The van der Waals surface area contributed by atoms with Crippen LogP contribution in [0.4, 0.5) is 10.1 Å². The van der Waals surface area contributed by atoms with Crippen LogP contribution in [0.3, 0.4) is 0 Å². The van der Waals surface area contributed by atoms with Gasteiger partial charge in [0.25, 0.3) is 10.0 Å². The van der Waals surface area contributed by atoms with Crippen LogP contribution in [-0.2, 0) is 22.9 Å². The molecule has 0 spiro atoms. The minimum absolute atomic E-state index is 0. The first-order chi connectivity index (χ1) is 13.9. The van der Waals surface area contributed by atoms with Crippen molar-refractivity contribution in [2.45, 2.75) is 17.7 Å². The minimum atomic E-state index is -3.78. The highest BCUT2D eigenvalue weighted by molar-refractivity contribution is 7.90. The molecule has 1 aliphatic rings. The van der Waals surface area contributed by atoms with Crippen LogP contribution >= 0.6 is 0 Å². The topological polar surface area (TPSA) is 70.6 Å². The number of rotatable bonds is 7. The number of anilines is 1. The molecule has 3 rings (SSSR count). The summed E-state index contributed by atoms with van der Waals surface area (Å²) in [6.07, 6.45) is 4.30. The summed E-state index contributed by atoms with van der Waals surface area (Å²) in [5.41, 5.74) is 2.74. The van der Waals surface area contributed by atoms with Crippen LogP contribution in [0.2, 0.25) is 0 Å². The molecule has 0 atom stereocenters. The van der Waals surface area contributed by atoms with E-state index in [0.717, 1.165) is 17.5 Å². The minimum Gasteiger partial charge on any atom is -0.324 e. The molecule has 5 nitrogen and oxygen atoms in total. The van der Waals surface area contributed by atoms with Gasteiger partial charge in [0.05, 0.1) is 12.2 Å². The number of halogens is 1. The van der Waals surface area contributed by atoms with Crippen molar-refractivity contribution in [2.24, 2.45) is 4.99 Å². The van der Waals surface area contributed by atoms with Crippen molar-refractivity contribution in [2.75, 3.05) is 11.9 Å². The van der Waals surface area contributed by atoms with Crippen molar-refractivity contribution in [3.63, 3.8) is 0 Å². The van der Waals surface area contributed by atoms with Crippen LogP contribution in [0.15, 0.2) is 95.1 Å². The lowest BCUT2D eigenvalue weighted by Gasteiger charge is -2.24. The Labute approximate surface area is 173 Å². The van der Waals surface area contributed by atoms with E-state index < -0.39 is 15.9 Å². The number of para-hydroxylation sites is 1. The van der Waals surface area contributed by atoms with Crippen LogP contribution in [0.25, 0.3) is 0 Å². The fourth-order valence-electron chi connectivity index (χ4n) is 3.01. The second-order valence-electron chi connectivity index (χ2n) is 6.50. The number of hydrogen-bond acceptors (Lipinski definition) is 3. The number of guanidine groups is 1. The number of aryl methyl sites for hydroxylation is 2. The van der Waals surface area contributed by atoms with E-state index in [1.807, 2.05) is 36.4 Å². The molecule has 0 aliphatic carbocycles. The fourth-order valence-corrected chi connectivity index (χ4v) is 4.20. The molecule has 7 heteroatoms. The molecule has 2 N–H and O–H groups in total. The SMILES string of the molecule is C=C/C=C(/CN=C1Nc2c(CCc3ccccc3)cccc2S(=O)(=O)N1)C(=C)F.[HH].[HH]. The molecule has 0 saturated heterocycles. The molecule has 1 heterocycles. The van der Waals surface area contributed by atoms with Crippen molar-refractivity contribution in [3.8, 4) is 0 Å². The molecule has 0 aromatic heterocycles. The van der Waals surface area contributed by atoms with E-state index in [4.69, 9.17) is 0 Å². The predicted octanol–water partition coefficient (Wildman–Crippen LogP) is 4.62. The van der Waals surface area contributed by atoms with E-state index in [2.05, 4.69) is 28.2 Å². The molecule has 0 amide bonds. The largest absolute Gasteiger partial charge is 0.324 e. The lowest BCUT2D eigenvalue weighted by Crippen LogP contribution is -2.41. The van der Waals surface area contributed by atoms with Gasteiger partial charge in [0.15, 0.2) is 0 Å². The number of allylic oxidation sites excluding steroid dienone is 2. The predicted molar refractivity (Wildman–Crippen MR) is 119 cm³/mol. The van der Waals surface area contributed by atoms with Crippen LogP contribution in [-0.4, -0.2) is 20.9 Å². The number of nitrogens with one attached hydrogen (secondary N) is 2. The van der Waals surface area contributed by atoms with Gasteiger partial charge in [0.1, 0.15) is 10.7 Å². The first kappa shape index (κ1) is 20.5. The molecular weight excluding hydrogens is 389 g/mol. The lowest BCUT2D eigenvalue weighted by atomic mass is 10.0. The number of benzene rings is 2. The standard InChI is InChI=1S/C22H22FN3O2S.2H2/c1-3-8-19(16(2)23)15-24-22-25-21-18(14-13-17-9-5-4-6-10-17)11-7-12-20(21)29(27,28)26-22;;/h3-12H,1-2,13-15H2,(H2,24,25,26);2*1H/b19-8-;;. The Balaban J connectivity index is 0.00000240. The molecule has 154 valence electrons. The summed E-state index contributed by atoms with van der Waals surface area (Å²) >= 11 is 0. The maximum Gasteiger partial charge on any atom is 0.266 e. The Hall–Kier alpha value is -3.19. The lowest BCUT2D eigenvalue weighted by molar-refractivity contribution is 0.591. The molecule has 1 aliphatic heterocycles. The zero-order valence-corrected chi connectivity index (χ0v) is 16.7. The van der Waals surface area contributed by atoms with E-state index in [-0.39, 0.29) is 25.8 Å². The Morgan fingerprint density at radius 2 is 1.90 bits per heavy atom. The van der Waals surface area contributed by atoms with Gasteiger partial charge < -0.3 is 5.32 Å². The Morgan fingerprint density at radius 3 is 2.59 bits per heavy atom. The number of hydrogen-bond donors (Lipinski definition) is 2. The van der Waals surface area contributed by atoms with Crippen molar-refractivity contribution < 1.29 is 15.7 Å². The van der Waals surface area contributed by atoms with Crippen molar-refractivity contribution in [1.29, 1.82) is 0 Å². The number of nitrogens with zero attached hydrogens (tertiary/aromatic N) is 1. The third-order valence-corrected chi connectivity index (χ3v) is 5.86. The summed E-state index contributed by atoms with van der Waals surface area (Å²) in [4.78, 5) is 4.34. The first-order valence-corrected chi connectivity index (χ1v) is 10.6. The normalized spacial score (nSPS) is 16.4. The fraction of sp³-hybridized carbons (Fsp3) is 0.136. The average Bonchev–Trinajstić information content (AvgIpc) is 2.70. The van der Waals surface area contributed by atoms with Crippen LogP contribution in [0.5, 0.6) is 0 Å². The first-order valence-electron chi connectivity index (χ1n) is 9.07. The van der Waals surface area contributed by atoms with Gasteiger partial charge in [-0.3, -0.25) is 0 Å². The van der Waals surface area contributed by atoms with E-state index in [1.165, 1.54) is 12.2 Å². The van der Waals surface area contributed by atoms with E-state index in [9.17, 15) is 12.8 Å². The quantitative estimate of drug-likeness (QED) is 0.648. The second-order valence-corrected chi connectivity index (χ2v) is 8.15. The van der Waals surface area contributed by atoms with Gasteiger partial charge in [-0.05, 0) is 30.0 Å². The maximum absolute atomic E-state index is 13.5. The smallest absolute Gasteiger partial charge is 0.266 e. The van der Waals surface area contributed by atoms with Gasteiger partial charge in [0.2, 0.25) is 5.96 Å². The summed E-state index contributed by atoms with van der Waals surface area (Å²) in [6, 6.07) is 15.1. The molecule has 0 unspecified atom stereocenters. The van der Waals surface area contributed by atoms with Crippen molar-refractivity contribution in [1.82, 2.24) is 4.72 Å². The zero-order valence-electron chi connectivity index (χ0n) is 15.9. The van der Waals surface area contributed by atoms with Gasteiger partial charge in [-0.1, -0.05) is 67.8 Å². The molecule has 29 heavy (non-hydrogen) atoms. The molecule has 0 fully saturated rings. The molecule has 0 radical (unpaired) electrons. The highest BCUT2D eigenvalue weighted by Crippen LogP contribution is 2.29. The van der Waals surface area contributed by atoms with Gasteiger partial charge in [-0.25, -0.2) is 22.5 Å². The highest BCUT2D eigenvalue weighted by Gasteiger charge is 2.28. The Morgan fingerprint density at radius 1 is 1.14 bits per heavy atom. The summed E-state index contributed by atoms with van der Waals surface area (Å²) in [6.45, 7) is 6.71. The average molecular weight is 416 g/mol. The molecule has 0 bridgehead atoms. The van der Waals surface area contributed by atoms with E-state index in [0.29, 0.717) is 12.1 Å². The van der Waals surface area contributed by atoms with Crippen molar-refractivity contribution in [3.05, 3.63) is 96.4 Å².